The highest BCUT2D eigenvalue weighted by Crippen LogP contribution is 2.53. The molecule has 2 aliphatic heterocycles. The monoisotopic (exact) mass is 652 g/mol. The SMILES string of the molecule is CC1(C)Oc2ccc(C(=O)NS(=O)(=O)c3ccc(S(=O)(=O)NC4CCCCCC4)cc3)cc2[C@@H]2O[C@H](c3ccccc3)CC[C@H]21. The fourth-order valence-electron chi connectivity index (χ4n) is 6.82. The normalized spacial score (nSPS) is 23.6. The molecule has 1 saturated carbocycles. The molecule has 2 fully saturated rings. The Bertz CT molecular complexity index is 1750. The van der Waals surface area contributed by atoms with Crippen LogP contribution in [0.5, 0.6) is 5.75 Å². The van der Waals surface area contributed by atoms with E-state index in [2.05, 4.69) is 9.44 Å². The highest BCUT2D eigenvalue weighted by atomic mass is 32.2. The van der Waals surface area contributed by atoms with Crippen LogP contribution in [0, 0.1) is 5.92 Å². The predicted molar refractivity (Wildman–Crippen MR) is 170 cm³/mol. The minimum Gasteiger partial charge on any atom is -0.487 e. The quantitative estimate of drug-likeness (QED) is 0.292. The molecule has 0 radical (unpaired) electrons. The van der Waals surface area contributed by atoms with E-state index in [-0.39, 0.29) is 39.5 Å². The summed E-state index contributed by atoms with van der Waals surface area (Å²) in [6, 6.07) is 19.7. The average Bonchev–Trinajstić information content (AvgIpc) is 3.29. The van der Waals surface area contributed by atoms with Crippen molar-refractivity contribution in [2.45, 2.75) is 98.9 Å². The summed E-state index contributed by atoms with van der Waals surface area (Å²) < 4.78 is 70.2. The van der Waals surface area contributed by atoms with Crippen LogP contribution in [0.4, 0.5) is 0 Å². The fraction of sp³-hybridized carbons (Fsp3) is 0.441. The van der Waals surface area contributed by atoms with Crippen LogP contribution in [-0.4, -0.2) is 34.4 Å². The van der Waals surface area contributed by atoms with Gasteiger partial charge in [0.05, 0.1) is 22.0 Å². The number of rotatable bonds is 7. The molecule has 3 aromatic carbocycles. The summed E-state index contributed by atoms with van der Waals surface area (Å²) >= 11 is 0. The molecule has 9 nitrogen and oxygen atoms in total. The van der Waals surface area contributed by atoms with Gasteiger partial charge in [0.2, 0.25) is 10.0 Å². The Morgan fingerprint density at radius 2 is 1.42 bits per heavy atom. The Kier molecular flexibility index (Phi) is 8.82. The van der Waals surface area contributed by atoms with Crippen molar-refractivity contribution in [1.29, 1.82) is 0 Å². The minimum absolute atomic E-state index is 0.0227. The first-order valence-corrected chi connectivity index (χ1v) is 18.6. The van der Waals surface area contributed by atoms with E-state index in [0.29, 0.717) is 11.3 Å². The Balaban J connectivity index is 1.19. The molecule has 1 saturated heterocycles. The van der Waals surface area contributed by atoms with Crippen molar-refractivity contribution in [3.63, 3.8) is 0 Å². The topological polar surface area (TPSA) is 128 Å². The van der Waals surface area contributed by atoms with E-state index in [1.54, 1.807) is 12.1 Å². The van der Waals surface area contributed by atoms with Crippen LogP contribution in [0.3, 0.4) is 0 Å². The third kappa shape index (κ3) is 6.82. The maximum absolute atomic E-state index is 13.3. The molecule has 0 unspecified atom stereocenters. The smallest absolute Gasteiger partial charge is 0.265 e. The molecule has 45 heavy (non-hydrogen) atoms. The highest BCUT2D eigenvalue weighted by Gasteiger charge is 2.48. The van der Waals surface area contributed by atoms with Crippen LogP contribution < -0.4 is 14.2 Å². The van der Waals surface area contributed by atoms with Crippen molar-refractivity contribution in [3.05, 3.63) is 89.5 Å². The van der Waals surface area contributed by atoms with E-state index in [4.69, 9.17) is 9.47 Å². The molecule has 6 rings (SSSR count). The lowest BCUT2D eigenvalue weighted by Crippen LogP contribution is -2.47. The van der Waals surface area contributed by atoms with Gasteiger partial charge < -0.3 is 9.47 Å². The van der Waals surface area contributed by atoms with Crippen molar-refractivity contribution >= 4 is 26.0 Å². The summed E-state index contributed by atoms with van der Waals surface area (Å²) in [6.45, 7) is 4.08. The molecule has 1 amide bonds. The lowest BCUT2D eigenvalue weighted by Gasteiger charge is -2.48. The average molecular weight is 653 g/mol. The van der Waals surface area contributed by atoms with Crippen LogP contribution in [-0.2, 0) is 24.8 Å². The van der Waals surface area contributed by atoms with Gasteiger partial charge in [-0.2, -0.15) is 0 Å². The summed E-state index contributed by atoms with van der Waals surface area (Å²) in [5, 5.41) is 0. The third-order valence-corrected chi connectivity index (χ3v) is 12.2. The zero-order valence-corrected chi connectivity index (χ0v) is 27.2. The first-order chi connectivity index (χ1) is 21.4. The van der Waals surface area contributed by atoms with Crippen LogP contribution in [0.1, 0.15) is 98.9 Å². The van der Waals surface area contributed by atoms with Crippen molar-refractivity contribution in [1.82, 2.24) is 9.44 Å². The zero-order chi connectivity index (χ0) is 31.8. The number of carbonyl (C=O) groups excluding carboxylic acids is 1. The molecule has 3 aromatic rings. The molecule has 2 N–H and O–H groups in total. The number of benzene rings is 3. The highest BCUT2D eigenvalue weighted by molar-refractivity contribution is 7.90. The number of sulfonamides is 2. The van der Waals surface area contributed by atoms with Gasteiger partial charge in [-0.25, -0.2) is 26.3 Å². The number of hydrogen-bond donors (Lipinski definition) is 2. The van der Waals surface area contributed by atoms with Crippen LogP contribution in [0.25, 0.3) is 0 Å². The van der Waals surface area contributed by atoms with E-state index in [1.807, 2.05) is 44.2 Å². The molecular formula is C34H40N2O7S2. The first kappa shape index (κ1) is 31.7. The van der Waals surface area contributed by atoms with Crippen molar-refractivity contribution in [3.8, 4) is 5.75 Å². The number of fused-ring (bicyclic) bond motifs is 3. The molecule has 11 heteroatoms. The van der Waals surface area contributed by atoms with Crippen molar-refractivity contribution < 1.29 is 31.1 Å². The van der Waals surface area contributed by atoms with Gasteiger partial charge in [-0.1, -0.05) is 56.0 Å². The van der Waals surface area contributed by atoms with Gasteiger partial charge in [-0.15, -0.1) is 0 Å². The Labute approximate surface area is 265 Å². The Morgan fingerprint density at radius 1 is 0.778 bits per heavy atom. The van der Waals surface area contributed by atoms with Gasteiger partial charge in [-0.3, -0.25) is 4.79 Å². The summed E-state index contributed by atoms with van der Waals surface area (Å²) in [5.41, 5.74) is 1.45. The van der Waals surface area contributed by atoms with E-state index in [0.717, 1.165) is 56.9 Å². The summed E-state index contributed by atoms with van der Waals surface area (Å²) in [4.78, 5) is 13.1. The number of ether oxygens (including phenoxy) is 2. The van der Waals surface area contributed by atoms with E-state index in [1.165, 1.54) is 30.3 Å². The maximum atomic E-state index is 13.3. The lowest BCUT2D eigenvalue weighted by atomic mass is 9.74. The van der Waals surface area contributed by atoms with Gasteiger partial charge in [0.15, 0.2) is 0 Å². The molecule has 3 aliphatic rings. The molecule has 0 aromatic heterocycles. The molecule has 0 spiro atoms. The van der Waals surface area contributed by atoms with E-state index < -0.39 is 31.6 Å². The first-order valence-electron chi connectivity index (χ1n) is 15.7. The Morgan fingerprint density at radius 3 is 2.09 bits per heavy atom. The lowest BCUT2D eigenvalue weighted by molar-refractivity contribution is -0.151. The summed E-state index contributed by atoms with van der Waals surface area (Å²) in [5.74, 6) is -0.163. The molecule has 0 bridgehead atoms. The standard InChI is InChI=1S/C34H40N2O7S2/c1-34(2)29-19-21-30(23-10-6-5-7-11-23)42-32(29)28-22-24(14-20-31(28)43-34)33(37)36-45(40,41)27-17-15-26(16-18-27)44(38,39)35-25-12-8-3-4-9-13-25/h5-7,10-11,14-18,20,22,25,29-30,32,35H,3-4,8-9,12-13,19,21H2,1-2H3,(H,36,37)/t29-,30+,32+/m1/s1. The van der Waals surface area contributed by atoms with Crippen LogP contribution in [0.15, 0.2) is 82.6 Å². The summed E-state index contributed by atoms with van der Waals surface area (Å²) in [7, 11) is -8.10. The minimum atomic E-state index is -4.29. The van der Waals surface area contributed by atoms with Crippen molar-refractivity contribution in [2.24, 2.45) is 5.92 Å². The molecule has 3 atom stereocenters. The molecule has 1 aliphatic carbocycles. The number of hydrogen-bond acceptors (Lipinski definition) is 7. The molecular weight excluding hydrogens is 613 g/mol. The van der Waals surface area contributed by atoms with Crippen LogP contribution in [0.2, 0.25) is 0 Å². The number of carbonyl (C=O) groups is 1. The van der Waals surface area contributed by atoms with Crippen molar-refractivity contribution in [2.75, 3.05) is 0 Å². The van der Waals surface area contributed by atoms with E-state index >= 15 is 0 Å². The second-order valence-electron chi connectivity index (χ2n) is 12.8. The second kappa shape index (κ2) is 12.5. The van der Waals surface area contributed by atoms with Crippen LogP contribution >= 0.6 is 0 Å². The Hall–Kier alpha value is -3.25. The van der Waals surface area contributed by atoms with Gasteiger partial charge in [0.25, 0.3) is 15.9 Å². The zero-order valence-electron chi connectivity index (χ0n) is 25.6. The molecule has 2 heterocycles. The van der Waals surface area contributed by atoms with Gasteiger partial charge in [0.1, 0.15) is 11.4 Å². The fourth-order valence-corrected chi connectivity index (χ4v) is 9.10. The third-order valence-electron chi connectivity index (χ3n) is 9.28. The van der Waals surface area contributed by atoms with Gasteiger partial charge in [-0.05, 0) is 87.6 Å². The van der Waals surface area contributed by atoms with Gasteiger partial charge >= 0.3 is 0 Å². The maximum Gasteiger partial charge on any atom is 0.265 e. The van der Waals surface area contributed by atoms with E-state index in [9.17, 15) is 21.6 Å². The predicted octanol–water partition coefficient (Wildman–Crippen LogP) is 6.19. The summed E-state index contributed by atoms with van der Waals surface area (Å²) in [6.07, 6.45) is 6.95. The molecule has 240 valence electrons. The largest absolute Gasteiger partial charge is 0.487 e. The number of amides is 1. The second-order valence-corrected chi connectivity index (χ2v) is 16.2. The van der Waals surface area contributed by atoms with Gasteiger partial charge in [0, 0.05) is 23.1 Å². The number of nitrogens with one attached hydrogen (secondary N) is 2.